The van der Waals surface area contributed by atoms with Crippen LogP contribution in [0.25, 0.3) is 0 Å². The normalized spacial score (nSPS) is 13.0. The standard InChI is InChI=1S/C17H19N3O3/c1-17(2,3)16-18-8-12(9-19-16)20-15(21)7-11-4-5-13-14(6-11)23-10-22-13/h4-6,8-9H,7,10H2,1-3H3,(H,20,21). The number of hydrogen-bond donors (Lipinski definition) is 1. The van der Waals surface area contributed by atoms with Crippen molar-refractivity contribution in [1.29, 1.82) is 0 Å². The van der Waals surface area contributed by atoms with E-state index in [0.29, 0.717) is 17.2 Å². The van der Waals surface area contributed by atoms with Crippen molar-refractivity contribution in [3.8, 4) is 11.5 Å². The van der Waals surface area contributed by atoms with Crippen LogP contribution in [-0.4, -0.2) is 22.7 Å². The topological polar surface area (TPSA) is 73.3 Å². The summed E-state index contributed by atoms with van der Waals surface area (Å²) in [7, 11) is 0. The number of rotatable bonds is 3. The average Bonchev–Trinajstić information content (AvgIpc) is 2.94. The van der Waals surface area contributed by atoms with Crippen LogP contribution < -0.4 is 14.8 Å². The molecule has 0 atom stereocenters. The number of nitrogens with zero attached hydrogens (tertiary/aromatic N) is 2. The van der Waals surface area contributed by atoms with Gasteiger partial charge in [-0.2, -0.15) is 0 Å². The Labute approximate surface area is 134 Å². The first-order valence-corrected chi connectivity index (χ1v) is 7.43. The molecule has 120 valence electrons. The molecule has 0 fully saturated rings. The molecule has 1 aliphatic rings. The summed E-state index contributed by atoms with van der Waals surface area (Å²) in [5.41, 5.74) is 1.33. The maximum absolute atomic E-state index is 12.1. The van der Waals surface area contributed by atoms with Gasteiger partial charge in [0.2, 0.25) is 12.7 Å². The second kappa shape index (κ2) is 5.87. The Morgan fingerprint density at radius 3 is 2.57 bits per heavy atom. The second-order valence-electron chi connectivity index (χ2n) is 6.46. The first-order valence-electron chi connectivity index (χ1n) is 7.43. The summed E-state index contributed by atoms with van der Waals surface area (Å²) in [5.74, 6) is 2.00. The molecule has 0 unspecified atom stereocenters. The first kappa shape index (κ1) is 15.3. The SMILES string of the molecule is CC(C)(C)c1ncc(NC(=O)Cc2ccc3c(c2)OCO3)cn1. The quantitative estimate of drug-likeness (QED) is 0.943. The fraction of sp³-hybridized carbons (Fsp3) is 0.353. The van der Waals surface area contributed by atoms with Gasteiger partial charge in [-0.05, 0) is 17.7 Å². The molecular formula is C17H19N3O3. The molecule has 0 saturated heterocycles. The predicted octanol–water partition coefficient (Wildman–Crippen LogP) is 2.68. The van der Waals surface area contributed by atoms with Crippen LogP contribution in [0.1, 0.15) is 32.2 Å². The minimum atomic E-state index is -0.129. The van der Waals surface area contributed by atoms with E-state index in [1.807, 2.05) is 39.0 Å². The number of aromatic nitrogens is 2. The van der Waals surface area contributed by atoms with E-state index in [4.69, 9.17) is 9.47 Å². The molecule has 0 radical (unpaired) electrons. The largest absolute Gasteiger partial charge is 0.454 e. The van der Waals surface area contributed by atoms with Gasteiger partial charge in [-0.3, -0.25) is 4.79 Å². The van der Waals surface area contributed by atoms with Gasteiger partial charge in [-0.15, -0.1) is 0 Å². The summed E-state index contributed by atoms with van der Waals surface area (Å²) in [5, 5.41) is 2.80. The number of carbonyl (C=O) groups is 1. The highest BCUT2D eigenvalue weighted by molar-refractivity contribution is 5.92. The van der Waals surface area contributed by atoms with E-state index in [0.717, 1.165) is 11.4 Å². The molecule has 6 heteroatoms. The van der Waals surface area contributed by atoms with Crippen molar-refractivity contribution in [2.75, 3.05) is 12.1 Å². The lowest BCUT2D eigenvalue weighted by Gasteiger charge is -2.16. The number of amides is 1. The molecule has 6 nitrogen and oxygen atoms in total. The lowest BCUT2D eigenvalue weighted by atomic mass is 9.96. The Bertz CT molecular complexity index is 721. The van der Waals surface area contributed by atoms with Crippen LogP contribution in [0, 0.1) is 0 Å². The van der Waals surface area contributed by atoms with E-state index in [1.54, 1.807) is 12.4 Å². The maximum Gasteiger partial charge on any atom is 0.231 e. The zero-order valence-electron chi connectivity index (χ0n) is 13.4. The molecule has 0 bridgehead atoms. The van der Waals surface area contributed by atoms with Crippen molar-refractivity contribution in [2.45, 2.75) is 32.6 Å². The summed E-state index contributed by atoms with van der Waals surface area (Å²) in [4.78, 5) is 20.7. The lowest BCUT2D eigenvalue weighted by molar-refractivity contribution is -0.115. The van der Waals surface area contributed by atoms with Crippen LogP contribution in [0.3, 0.4) is 0 Å². The van der Waals surface area contributed by atoms with Crippen LogP contribution >= 0.6 is 0 Å². The molecule has 0 aliphatic carbocycles. The number of carbonyl (C=O) groups excluding carboxylic acids is 1. The summed E-state index contributed by atoms with van der Waals surface area (Å²) in [6, 6.07) is 5.49. The molecule has 0 spiro atoms. The van der Waals surface area contributed by atoms with E-state index in [-0.39, 0.29) is 24.5 Å². The number of fused-ring (bicyclic) bond motifs is 1. The Kier molecular flexibility index (Phi) is 3.90. The van der Waals surface area contributed by atoms with Gasteiger partial charge in [-0.25, -0.2) is 9.97 Å². The molecule has 0 saturated carbocycles. The van der Waals surface area contributed by atoms with Gasteiger partial charge in [-0.1, -0.05) is 26.8 Å². The van der Waals surface area contributed by atoms with Crippen LogP contribution in [0.2, 0.25) is 0 Å². The lowest BCUT2D eigenvalue weighted by Crippen LogP contribution is -2.18. The van der Waals surface area contributed by atoms with Crippen LogP contribution in [0.5, 0.6) is 11.5 Å². The summed E-state index contributed by atoms with van der Waals surface area (Å²) in [6.07, 6.45) is 3.51. The average molecular weight is 313 g/mol. The predicted molar refractivity (Wildman–Crippen MR) is 85.6 cm³/mol. The highest BCUT2D eigenvalue weighted by Gasteiger charge is 2.17. The third kappa shape index (κ3) is 3.59. The van der Waals surface area contributed by atoms with Crippen LogP contribution in [-0.2, 0) is 16.6 Å². The zero-order valence-corrected chi connectivity index (χ0v) is 13.4. The van der Waals surface area contributed by atoms with Gasteiger partial charge in [0.05, 0.1) is 24.5 Å². The molecule has 23 heavy (non-hydrogen) atoms. The minimum Gasteiger partial charge on any atom is -0.454 e. The molecule has 1 amide bonds. The molecule has 1 aromatic carbocycles. The third-order valence-corrected chi connectivity index (χ3v) is 3.41. The molecule has 3 rings (SSSR count). The zero-order chi connectivity index (χ0) is 16.4. The summed E-state index contributed by atoms with van der Waals surface area (Å²) < 4.78 is 10.6. The van der Waals surface area contributed by atoms with Crippen molar-refractivity contribution >= 4 is 11.6 Å². The molecule has 1 aliphatic heterocycles. The van der Waals surface area contributed by atoms with Gasteiger partial charge >= 0.3 is 0 Å². The Balaban J connectivity index is 1.63. The van der Waals surface area contributed by atoms with E-state index < -0.39 is 0 Å². The van der Waals surface area contributed by atoms with Crippen molar-refractivity contribution in [2.24, 2.45) is 0 Å². The molecule has 1 N–H and O–H groups in total. The van der Waals surface area contributed by atoms with Crippen LogP contribution in [0.4, 0.5) is 5.69 Å². The van der Waals surface area contributed by atoms with Crippen molar-refractivity contribution in [3.63, 3.8) is 0 Å². The number of benzene rings is 1. The van der Waals surface area contributed by atoms with Crippen LogP contribution in [0.15, 0.2) is 30.6 Å². The van der Waals surface area contributed by atoms with Gasteiger partial charge in [0.15, 0.2) is 11.5 Å². The molecule has 1 aromatic heterocycles. The van der Waals surface area contributed by atoms with Crippen molar-refractivity contribution in [1.82, 2.24) is 9.97 Å². The maximum atomic E-state index is 12.1. The van der Waals surface area contributed by atoms with Gasteiger partial charge < -0.3 is 14.8 Å². The minimum absolute atomic E-state index is 0.116. The van der Waals surface area contributed by atoms with Crippen molar-refractivity contribution < 1.29 is 14.3 Å². The van der Waals surface area contributed by atoms with Gasteiger partial charge in [0, 0.05) is 5.41 Å². The third-order valence-electron chi connectivity index (χ3n) is 3.41. The monoisotopic (exact) mass is 313 g/mol. The van der Waals surface area contributed by atoms with E-state index in [2.05, 4.69) is 15.3 Å². The molecular weight excluding hydrogens is 294 g/mol. The van der Waals surface area contributed by atoms with Gasteiger partial charge in [0.25, 0.3) is 0 Å². The summed E-state index contributed by atoms with van der Waals surface area (Å²) in [6.45, 7) is 6.35. The summed E-state index contributed by atoms with van der Waals surface area (Å²) >= 11 is 0. The first-order chi connectivity index (χ1) is 10.9. The van der Waals surface area contributed by atoms with Crippen molar-refractivity contribution in [3.05, 3.63) is 42.0 Å². The Hall–Kier alpha value is -2.63. The Morgan fingerprint density at radius 2 is 1.87 bits per heavy atom. The highest BCUT2D eigenvalue weighted by atomic mass is 16.7. The van der Waals surface area contributed by atoms with E-state index >= 15 is 0 Å². The second-order valence-corrected chi connectivity index (χ2v) is 6.46. The van der Waals surface area contributed by atoms with E-state index in [1.165, 1.54) is 0 Å². The number of hydrogen-bond acceptors (Lipinski definition) is 5. The highest BCUT2D eigenvalue weighted by Crippen LogP contribution is 2.32. The number of anilines is 1. The fourth-order valence-corrected chi connectivity index (χ4v) is 2.22. The number of nitrogens with one attached hydrogen (secondary N) is 1. The number of ether oxygens (including phenoxy) is 2. The Morgan fingerprint density at radius 1 is 1.17 bits per heavy atom. The smallest absolute Gasteiger partial charge is 0.231 e. The van der Waals surface area contributed by atoms with E-state index in [9.17, 15) is 4.79 Å². The van der Waals surface area contributed by atoms with Gasteiger partial charge in [0.1, 0.15) is 5.82 Å². The molecule has 2 heterocycles. The molecule has 2 aromatic rings. The fourth-order valence-electron chi connectivity index (χ4n) is 2.22.